The molecule has 0 saturated carbocycles. The zero-order valence-electron chi connectivity index (χ0n) is 30.4. The van der Waals surface area contributed by atoms with Crippen LogP contribution in [0.5, 0.6) is 0 Å². The van der Waals surface area contributed by atoms with Gasteiger partial charge in [0.05, 0.1) is 5.58 Å². The molecule has 4 aromatic heterocycles. The third-order valence-electron chi connectivity index (χ3n) is 9.36. The van der Waals surface area contributed by atoms with Gasteiger partial charge in [-0.25, -0.2) is 4.98 Å². The molecular weight excluding hydrogens is 815 g/mol. The van der Waals surface area contributed by atoms with E-state index in [1.54, 1.807) is 0 Å². The van der Waals surface area contributed by atoms with Gasteiger partial charge in [0.1, 0.15) is 0 Å². The molecule has 4 aromatic carbocycles. The van der Waals surface area contributed by atoms with Gasteiger partial charge in [-0.05, 0) is 65.0 Å². The van der Waals surface area contributed by atoms with Crippen molar-refractivity contribution in [1.82, 2.24) is 15.0 Å². The molecule has 0 unspecified atom stereocenters. The normalized spacial score (nSPS) is 11.2. The molecule has 0 bridgehead atoms. The summed E-state index contributed by atoms with van der Waals surface area (Å²) in [5.41, 5.74) is 14.9. The number of benzene rings is 4. The summed E-state index contributed by atoms with van der Waals surface area (Å²) in [7, 11) is 0. The topological polar surface area (TPSA) is 51.8 Å². The van der Waals surface area contributed by atoms with Crippen LogP contribution >= 0.6 is 0 Å². The Hall–Kier alpha value is -5.22. The molecule has 8 rings (SSSR count). The average molecular weight is 856 g/mol. The Morgan fingerprint density at radius 3 is 2.10 bits per heavy atom. The third kappa shape index (κ3) is 7.97. The smallest absolute Gasteiger partial charge is 0.216 e. The molecular formula is C47H41IrN3O-2. The fourth-order valence-electron chi connectivity index (χ4n) is 6.15. The van der Waals surface area contributed by atoms with Crippen molar-refractivity contribution in [3.63, 3.8) is 0 Å². The summed E-state index contributed by atoms with van der Waals surface area (Å²) in [6.45, 7) is 12.9. The molecule has 8 aromatic rings. The molecule has 0 amide bonds. The summed E-state index contributed by atoms with van der Waals surface area (Å²) in [6, 6.07) is 46.2. The number of rotatable bonds is 5. The maximum Gasteiger partial charge on any atom is 0.216 e. The predicted molar refractivity (Wildman–Crippen MR) is 210 cm³/mol. The number of aromatic nitrogens is 3. The van der Waals surface area contributed by atoms with Gasteiger partial charge < -0.3 is 14.4 Å². The Morgan fingerprint density at radius 1 is 0.673 bits per heavy atom. The summed E-state index contributed by atoms with van der Waals surface area (Å²) in [5.74, 6) is 0. The molecule has 4 nitrogen and oxygen atoms in total. The zero-order valence-corrected chi connectivity index (χ0v) is 32.8. The number of fused-ring (bicyclic) bond motifs is 3. The molecule has 0 N–H and O–H groups in total. The Bertz CT molecular complexity index is 2450. The van der Waals surface area contributed by atoms with Crippen LogP contribution in [0.3, 0.4) is 0 Å². The van der Waals surface area contributed by atoms with Crippen molar-refractivity contribution in [2.45, 2.75) is 53.4 Å². The molecule has 1 radical (unpaired) electrons. The van der Waals surface area contributed by atoms with Crippen molar-refractivity contribution in [3.8, 4) is 33.6 Å². The van der Waals surface area contributed by atoms with Crippen molar-refractivity contribution in [1.29, 1.82) is 0 Å². The van der Waals surface area contributed by atoms with Crippen LogP contribution in [0.4, 0.5) is 0 Å². The molecule has 0 aliphatic heterocycles. The van der Waals surface area contributed by atoms with Gasteiger partial charge in [-0.15, -0.1) is 47.5 Å². The van der Waals surface area contributed by atoms with Crippen molar-refractivity contribution in [3.05, 3.63) is 173 Å². The molecule has 5 heteroatoms. The van der Waals surface area contributed by atoms with Crippen LogP contribution in [0, 0.1) is 32.9 Å². The van der Waals surface area contributed by atoms with Crippen LogP contribution in [-0.2, 0) is 31.9 Å². The monoisotopic (exact) mass is 856 g/mol. The summed E-state index contributed by atoms with van der Waals surface area (Å²) in [6.07, 6.45) is 4.66. The fourth-order valence-corrected chi connectivity index (χ4v) is 6.15. The van der Waals surface area contributed by atoms with Crippen LogP contribution in [0.15, 0.2) is 132 Å². The van der Waals surface area contributed by atoms with E-state index in [1.165, 1.54) is 38.9 Å². The minimum absolute atomic E-state index is 0. The summed E-state index contributed by atoms with van der Waals surface area (Å²) < 4.78 is 6.20. The average Bonchev–Trinajstić information content (AvgIpc) is 3.52. The second-order valence-corrected chi connectivity index (χ2v) is 14.2. The first-order valence-electron chi connectivity index (χ1n) is 17.4. The van der Waals surface area contributed by atoms with Gasteiger partial charge >= 0.3 is 0 Å². The minimum Gasteiger partial charge on any atom is -0.486 e. The Morgan fingerprint density at radius 2 is 1.40 bits per heavy atom. The van der Waals surface area contributed by atoms with Crippen molar-refractivity contribution in [2.75, 3.05) is 0 Å². The maximum atomic E-state index is 6.20. The van der Waals surface area contributed by atoms with Crippen molar-refractivity contribution in [2.24, 2.45) is 0 Å². The number of hydrogen-bond donors (Lipinski definition) is 0. The summed E-state index contributed by atoms with van der Waals surface area (Å²) in [5, 5.41) is 2.06. The van der Waals surface area contributed by atoms with Gasteiger partial charge in [0.15, 0.2) is 0 Å². The van der Waals surface area contributed by atoms with Crippen LogP contribution in [-0.4, -0.2) is 15.0 Å². The van der Waals surface area contributed by atoms with E-state index < -0.39 is 0 Å². The number of hydrogen-bond acceptors (Lipinski definition) is 4. The summed E-state index contributed by atoms with van der Waals surface area (Å²) in [4.78, 5) is 14.0. The summed E-state index contributed by atoms with van der Waals surface area (Å²) >= 11 is 0. The second-order valence-electron chi connectivity index (χ2n) is 14.2. The van der Waals surface area contributed by atoms with E-state index in [2.05, 4.69) is 143 Å². The first kappa shape index (κ1) is 36.6. The SMILES string of the molecule is Cc1c[c-]c(-c2ccc(C(C)(C)C)cn2)cc1-c1ccccc1.Cc1cnc(-c2[c-]ccc3c2oc2nc(Cc4ccccc4)ccc23)cc1C.[Ir]. The first-order chi connectivity index (χ1) is 24.6. The second kappa shape index (κ2) is 15.6. The number of pyridine rings is 3. The molecule has 0 aliphatic rings. The van der Waals surface area contributed by atoms with Gasteiger partial charge in [0.25, 0.3) is 0 Å². The standard InChI is InChI=1S/C25H19N2O.C22H22N.Ir/c1-16-13-23(26-15-17(16)2)22-10-6-9-20-21-12-11-19(27-25(21)28-24(20)22)14-18-7-4-3-5-8-18;1-16-10-11-18(14-20(16)17-8-6-5-7-9-17)21-13-12-19(15-23-21)22(2,3)4;/h3-9,11-13,15H,14H2,1-2H3;5-10,12-15H,1-4H3;/q2*-1;. The third-order valence-corrected chi connectivity index (χ3v) is 9.36. The van der Waals surface area contributed by atoms with E-state index >= 15 is 0 Å². The molecule has 0 spiro atoms. The quantitative estimate of drug-likeness (QED) is 0.162. The van der Waals surface area contributed by atoms with E-state index in [0.29, 0.717) is 5.71 Å². The van der Waals surface area contributed by atoms with E-state index in [9.17, 15) is 0 Å². The molecule has 52 heavy (non-hydrogen) atoms. The molecule has 0 fully saturated rings. The molecule has 0 aliphatic carbocycles. The largest absolute Gasteiger partial charge is 0.486 e. The van der Waals surface area contributed by atoms with Crippen LogP contribution in [0.2, 0.25) is 0 Å². The van der Waals surface area contributed by atoms with Crippen molar-refractivity contribution < 1.29 is 24.5 Å². The van der Waals surface area contributed by atoms with Gasteiger partial charge in [0, 0.05) is 50.0 Å². The van der Waals surface area contributed by atoms with E-state index in [-0.39, 0.29) is 25.5 Å². The minimum atomic E-state index is 0. The fraction of sp³-hybridized carbons (Fsp3) is 0.170. The van der Waals surface area contributed by atoms with Crippen molar-refractivity contribution >= 4 is 22.1 Å². The first-order valence-corrected chi connectivity index (χ1v) is 17.4. The Labute approximate surface area is 320 Å². The number of furan rings is 1. The Kier molecular flexibility index (Phi) is 10.9. The zero-order chi connectivity index (χ0) is 35.5. The van der Waals surface area contributed by atoms with Gasteiger partial charge in [0.2, 0.25) is 5.71 Å². The van der Waals surface area contributed by atoms with Gasteiger partial charge in [-0.3, -0.25) is 0 Å². The van der Waals surface area contributed by atoms with Gasteiger partial charge in [-0.1, -0.05) is 129 Å². The Balaban J connectivity index is 0.000000179. The molecule has 4 heterocycles. The molecule has 0 atom stereocenters. The molecule has 0 saturated heterocycles. The van der Waals surface area contributed by atoms with Crippen LogP contribution < -0.4 is 0 Å². The van der Waals surface area contributed by atoms with E-state index in [1.807, 2.05) is 48.8 Å². The van der Waals surface area contributed by atoms with Gasteiger partial charge in [-0.2, -0.15) is 0 Å². The number of aryl methyl sites for hydroxylation is 3. The van der Waals surface area contributed by atoms with Crippen LogP contribution in [0.1, 0.15) is 54.3 Å². The predicted octanol–water partition coefficient (Wildman–Crippen LogP) is 11.9. The number of nitrogens with zero attached hydrogens (tertiary/aromatic N) is 3. The maximum absolute atomic E-state index is 6.20. The van der Waals surface area contributed by atoms with E-state index in [4.69, 9.17) is 9.40 Å². The van der Waals surface area contributed by atoms with Crippen LogP contribution in [0.25, 0.3) is 55.7 Å². The molecule has 261 valence electrons. The van der Waals surface area contributed by atoms with E-state index in [0.717, 1.165) is 51.0 Å².